The standard InChI is InChI=1S/C22H16FN5O2/c23-15-10-12-16(13-11-15)24-22(30)25-18-9-5-4-8-17(18)20-26-21(29)19(27-28-20)14-6-2-1-3-7-14/h1-13H,(H2,24,25,30)(H,26,28,29). The number of halogens is 1. The minimum Gasteiger partial charge on any atom is -0.308 e. The van der Waals surface area contributed by atoms with Crippen molar-refractivity contribution in [3.63, 3.8) is 0 Å². The molecule has 1 aromatic heterocycles. The van der Waals surface area contributed by atoms with Crippen LogP contribution < -0.4 is 16.2 Å². The van der Waals surface area contributed by atoms with E-state index in [2.05, 4.69) is 25.8 Å². The predicted octanol–water partition coefficient (Wildman–Crippen LogP) is 4.28. The highest BCUT2D eigenvalue weighted by Crippen LogP contribution is 2.24. The van der Waals surface area contributed by atoms with Gasteiger partial charge in [-0.25, -0.2) is 9.18 Å². The monoisotopic (exact) mass is 401 g/mol. The Morgan fingerprint density at radius 1 is 0.833 bits per heavy atom. The van der Waals surface area contributed by atoms with Crippen LogP contribution in [0, 0.1) is 5.82 Å². The lowest BCUT2D eigenvalue weighted by atomic mass is 10.1. The lowest BCUT2D eigenvalue weighted by Gasteiger charge is -2.11. The highest BCUT2D eigenvalue weighted by Gasteiger charge is 2.13. The second-order valence-electron chi connectivity index (χ2n) is 6.35. The van der Waals surface area contributed by atoms with E-state index in [0.717, 1.165) is 0 Å². The van der Waals surface area contributed by atoms with Gasteiger partial charge < -0.3 is 15.6 Å². The van der Waals surface area contributed by atoms with Crippen LogP contribution in [0.4, 0.5) is 20.6 Å². The molecule has 7 nitrogen and oxygen atoms in total. The number of benzene rings is 3. The predicted molar refractivity (Wildman–Crippen MR) is 113 cm³/mol. The van der Waals surface area contributed by atoms with Crippen molar-refractivity contribution in [1.29, 1.82) is 0 Å². The molecule has 148 valence electrons. The van der Waals surface area contributed by atoms with Gasteiger partial charge >= 0.3 is 6.03 Å². The molecule has 0 aliphatic carbocycles. The Balaban J connectivity index is 1.59. The molecule has 0 spiro atoms. The van der Waals surface area contributed by atoms with Gasteiger partial charge in [-0.2, -0.15) is 0 Å². The van der Waals surface area contributed by atoms with Crippen LogP contribution >= 0.6 is 0 Å². The molecule has 0 radical (unpaired) electrons. The number of H-pyrrole nitrogens is 1. The maximum atomic E-state index is 13.0. The number of aromatic nitrogens is 3. The Morgan fingerprint density at radius 2 is 1.53 bits per heavy atom. The fourth-order valence-corrected chi connectivity index (χ4v) is 2.86. The summed E-state index contributed by atoms with van der Waals surface area (Å²) in [6.07, 6.45) is 0. The molecule has 3 aromatic carbocycles. The Bertz CT molecular complexity index is 1240. The number of carbonyl (C=O) groups is 1. The van der Waals surface area contributed by atoms with E-state index in [-0.39, 0.29) is 11.5 Å². The summed E-state index contributed by atoms with van der Waals surface area (Å²) >= 11 is 0. The summed E-state index contributed by atoms with van der Waals surface area (Å²) in [5.74, 6) is -0.176. The third kappa shape index (κ3) is 4.22. The van der Waals surface area contributed by atoms with Crippen LogP contribution in [-0.2, 0) is 0 Å². The molecule has 0 saturated carbocycles. The van der Waals surface area contributed by atoms with E-state index in [9.17, 15) is 14.0 Å². The quantitative estimate of drug-likeness (QED) is 0.475. The number of nitrogens with one attached hydrogen (secondary N) is 3. The van der Waals surface area contributed by atoms with Gasteiger partial charge in [-0.05, 0) is 36.4 Å². The summed E-state index contributed by atoms with van der Waals surface area (Å²) in [5.41, 5.74) is 1.83. The number of rotatable bonds is 4. The molecule has 3 N–H and O–H groups in total. The van der Waals surface area contributed by atoms with Crippen LogP contribution in [0.1, 0.15) is 0 Å². The fraction of sp³-hybridized carbons (Fsp3) is 0. The summed E-state index contributed by atoms with van der Waals surface area (Å²) in [4.78, 5) is 27.6. The third-order valence-corrected chi connectivity index (χ3v) is 4.28. The number of amides is 2. The van der Waals surface area contributed by atoms with Crippen LogP contribution in [-0.4, -0.2) is 21.2 Å². The normalized spacial score (nSPS) is 10.4. The van der Waals surface area contributed by atoms with Gasteiger partial charge in [0.05, 0.1) is 5.69 Å². The van der Waals surface area contributed by atoms with Crippen LogP contribution in [0.25, 0.3) is 22.6 Å². The van der Waals surface area contributed by atoms with E-state index in [1.54, 1.807) is 36.4 Å². The SMILES string of the molecule is O=C(Nc1ccc(F)cc1)Nc1ccccc1-c1nnc(-c2ccccc2)c(=O)[nH]1. The molecule has 0 aliphatic rings. The molecular weight excluding hydrogens is 385 g/mol. The van der Waals surface area contributed by atoms with E-state index in [1.807, 2.05) is 18.2 Å². The van der Waals surface area contributed by atoms with E-state index in [0.29, 0.717) is 22.5 Å². The van der Waals surface area contributed by atoms with Crippen molar-refractivity contribution in [2.24, 2.45) is 0 Å². The number of anilines is 2. The Morgan fingerprint density at radius 3 is 2.27 bits per heavy atom. The van der Waals surface area contributed by atoms with Crippen LogP contribution in [0.15, 0.2) is 83.7 Å². The smallest absolute Gasteiger partial charge is 0.308 e. The van der Waals surface area contributed by atoms with Gasteiger partial charge in [0.2, 0.25) is 0 Å². The van der Waals surface area contributed by atoms with Gasteiger partial charge in [-0.3, -0.25) is 4.79 Å². The summed E-state index contributed by atoms with van der Waals surface area (Å²) in [5, 5.41) is 13.5. The number of nitrogens with zero attached hydrogens (tertiary/aromatic N) is 2. The van der Waals surface area contributed by atoms with E-state index >= 15 is 0 Å². The minimum absolute atomic E-state index is 0.207. The molecule has 4 rings (SSSR count). The van der Waals surface area contributed by atoms with Crippen LogP contribution in [0.3, 0.4) is 0 Å². The van der Waals surface area contributed by atoms with Crippen molar-refractivity contribution < 1.29 is 9.18 Å². The molecular formula is C22H16FN5O2. The molecule has 0 unspecified atom stereocenters. The maximum Gasteiger partial charge on any atom is 0.323 e. The van der Waals surface area contributed by atoms with Crippen molar-refractivity contribution in [2.75, 3.05) is 10.6 Å². The topological polar surface area (TPSA) is 99.8 Å². The highest BCUT2D eigenvalue weighted by atomic mass is 19.1. The van der Waals surface area contributed by atoms with Crippen LogP contribution in [0.5, 0.6) is 0 Å². The first-order valence-electron chi connectivity index (χ1n) is 9.05. The molecule has 0 saturated heterocycles. The van der Waals surface area contributed by atoms with Crippen molar-refractivity contribution >= 4 is 17.4 Å². The lowest BCUT2D eigenvalue weighted by Crippen LogP contribution is -2.20. The highest BCUT2D eigenvalue weighted by molar-refractivity contribution is 6.01. The number of aromatic amines is 1. The molecule has 0 aliphatic heterocycles. The van der Waals surface area contributed by atoms with E-state index in [1.165, 1.54) is 24.3 Å². The summed E-state index contributed by atoms with van der Waals surface area (Å²) in [6, 6.07) is 20.7. The summed E-state index contributed by atoms with van der Waals surface area (Å²) < 4.78 is 13.0. The first-order valence-corrected chi connectivity index (χ1v) is 9.05. The van der Waals surface area contributed by atoms with E-state index < -0.39 is 17.4 Å². The number of para-hydroxylation sites is 1. The molecule has 1 heterocycles. The largest absolute Gasteiger partial charge is 0.323 e. The van der Waals surface area contributed by atoms with Gasteiger partial charge in [0.1, 0.15) is 5.82 Å². The zero-order valence-electron chi connectivity index (χ0n) is 15.6. The van der Waals surface area contributed by atoms with Crippen molar-refractivity contribution in [3.05, 3.63) is 95.0 Å². The average Bonchev–Trinajstić information content (AvgIpc) is 2.76. The second-order valence-corrected chi connectivity index (χ2v) is 6.35. The van der Waals surface area contributed by atoms with Gasteiger partial charge in [0.25, 0.3) is 5.56 Å². The Hall–Kier alpha value is -4.33. The Labute approximate surface area is 170 Å². The van der Waals surface area contributed by atoms with Crippen LogP contribution in [0.2, 0.25) is 0 Å². The number of urea groups is 1. The van der Waals surface area contributed by atoms with Gasteiger partial charge in [0.15, 0.2) is 11.5 Å². The molecule has 0 fully saturated rings. The average molecular weight is 401 g/mol. The summed E-state index contributed by atoms with van der Waals surface area (Å²) in [7, 11) is 0. The first-order chi connectivity index (χ1) is 14.6. The maximum absolute atomic E-state index is 13.0. The Kier molecular flexibility index (Phi) is 5.29. The number of hydrogen-bond donors (Lipinski definition) is 3. The van der Waals surface area contributed by atoms with Gasteiger partial charge in [-0.1, -0.05) is 42.5 Å². The van der Waals surface area contributed by atoms with Crippen molar-refractivity contribution in [3.8, 4) is 22.6 Å². The molecule has 30 heavy (non-hydrogen) atoms. The van der Waals surface area contributed by atoms with E-state index in [4.69, 9.17) is 0 Å². The molecule has 0 atom stereocenters. The zero-order valence-corrected chi connectivity index (χ0v) is 15.6. The third-order valence-electron chi connectivity index (χ3n) is 4.28. The van der Waals surface area contributed by atoms with Crippen molar-refractivity contribution in [2.45, 2.75) is 0 Å². The lowest BCUT2D eigenvalue weighted by molar-refractivity contribution is 0.262. The number of hydrogen-bond acceptors (Lipinski definition) is 4. The second kappa shape index (κ2) is 8.36. The molecule has 4 aromatic rings. The fourth-order valence-electron chi connectivity index (χ4n) is 2.86. The molecule has 2 amide bonds. The number of carbonyl (C=O) groups excluding carboxylic acids is 1. The zero-order chi connectivity index (χ0) is 20.9. The first kappa shape index (κ1) is 19.0. The molecule has 8 heteroatoms. The minimum atomic E-state index is -0.523. The molecule has 0 bridgehead atoms. The summed E-state index contributed by atoms with van der Waals surface area (Å²) in [6.45, 7) is 0. The van der Waals surface area contributed by atoms with Gasteiger partial charge in [-0.15, -0.1) is 10.2 Å². The van der Waals surface area contributed by atoms with Gasteiger partial charge in [0, 0.05) is 16.8 Å². The van der Waals surface area contributed by atoms with Crippen molar-refractivity contribution in [1.82, 2.24) is 15.2 Å².